The number of halogens is 1. The second-order valence-electron chi connectivity index (χ2n) is 5.57. The van der Waals surface area contributed by atoms with Gasteiger partial charge in [0.15, 0.2) is 0 Å². The lowest BCUT2D eigenvalue weighted by atomic mass is 9.94. The third kappa shape index (κ3) is 2.82. The van der Waals surface area contributed by atoms with E-state index in [1.165, 1.54) is 13.0 Å². The SMILES string of the molecule is CC(=O)OCC(C)c1cc2c(cc1F)Oc1ccccc1C2. The quantitative estimate of drug-likeness (QED) is 0.680. The summed E-state index contributed by atoms with van der Waals surface area (Å²) in [4.78, 5) is 10.9. The number of rotatable bonds is 3. The molecule has 0 radical (unpaired) electrons. The maximum absolute atomic E-state index is 14.3. The van der Waals surface area contributed by atoms with Crippen LogP contribution < -0.4 is 4.74 Å². The van der Waals surface area contributed by atoms with E-state index in [1.54, 1.807) is 0 Å². The van der Waals surface area contributed by atoms with Crippen molar-refractivity contribution in [1.82, 2.24) is 0 Å². The molecule has 0 aliphatic carbocycles. The highest BCUT2D eigenvalue weighted by atomic mass is 19.1. The highest BCUT2D eigenvalue weighted by molar-refractivity contribution is 5.66. The highest BCUT2D eigenvalue weighted by Crippen LogP contribution is 2.38. The number of benzene rings is 2. The van der Waals surface area contributed by atoms with Gasteiger partial charge < -0.3 is 9.47 Å². The molecule has 0 fully saturated rings. The van der Waals surface area contributed by atoms with Crippen LogP contribution in [0.15, 0.2) is 36.4 Å². The van der Waals surface area contributed by atoms with E-state index in [2.05, 4.69) is 0 Å². The number of fused-ring (bicyclic) bond motifs is 2. The summed E-state index contributed by atoms with van der Waals surface area (Å²) in [5, 5.41) is 0. The molecule has 0 N–H and O–H groups in total. The van der Waals surface area contributed by atoms with Gasteiger partial charge in [-0.15, -0.1) is 0 Å². The van der Waals surface area contributed by atoms with Gasteiger partial charge in [0.1, 0.15) is 17.3 Å². The summed E-state index contributed by atoms with van der Waals surface area (Å²) < 4.78 is 25.1. The Labute approximate surface area is 128 Å². The maximum Gasteiger partial charge on any atom is 0.302 e. The molecule has 0 aromatic heterocycles. The van der Waals surface area contributed by atoms with Crippen molar-refractivity contribution in [2.24, 2.45) is 0 Å². The van der Waals surface area contributed by atoms with Gasteiger partial charge in [-0.05, 0) is 28.8 Å². The van der Waals surface area contributed by atoms with Crippen molar-refractivity contribution in [2.45, 2.75) is 26.2 Å². The second-order valence-corrected chi connectivity index (χ2v) is 5.57. The molecule has 1 unspecified atom stereocenters. The van der Waals surface area contributed by atoms with Crippen LogP contribution in [0.3, 0.4) is 0 Å². The minimum absolute atomic E-state index is 0.169. The van der Waals surface area contributed by atoms with Crippen molar-refractivity contribution >= 4 is 5.97 Å². The molecule has 0 spiro atoms. The maximum atomic E-state index is 14.3. The Hall–Kier alpha value is -2.36. The standard InChI is InChI=1S/C18H17FO3/c1-11(10-21-12(2)20)15-8-14-7-13-5-3-4-6-17(13)22-18(14)9-16(15)19/h3-6,8-9,11H,7,10H2,1-2H3. The summed E-state index contributed by atoms with van der Waals surface area (Å²) in [7, 11) is 0. The minimum Gasteiger partial charge on any atom is -0.465 e. The third-order valence-corrected chi connectivity index (χ3v) is 3.82. The Kier molecular flexibility index (Phi) is 3.84. The van der Waals surface area contributed by atoms with E-state index in [4.69, 9.17) is 9.47 Å². The number of para-hydroxylation sites is 1. The Balaban J connectivity index is 1.89. The molecule has 0 saturated carbocycles. The van der Waals surface area contributed by atoms with Crippen LogP contribution in [0, 0.1) is 5.82 Å². The number of hydrogen-bond donors (Lipinski definition) is 0. The van der Waals surface area contributed by atoms with Crippen molar-refractivity contribution in [2.75, 3.05) is 6.61 Å². The molecule has 3 nitrogen and oxygen atoms in total. The van der Waals surface area contributed by atoms with Crippen LogP contribution in [0.25, 0.3) is 0 Å². The third-order valence-electron chi connectivity index (χ3n) is 3.82. The van der Waals surface area contributed by atoms with Crippen LogP contribution in [-0.4, -0.2) is 12.6 Å². The summed E-state index contributed by atoms with van der Waals surface area (Å²) in [6.07, 6.45) is 0.707. The van der Waals surface area contributed by atoms with E-state index >= 15 is 0 Å². The first-order chi connectivity index (χ1) is 10.5. The lowest BCUT2D eigenvalue weighted by Crippen LogP contribution is -2.11. The number of carbonyl (C=O) groups is 1. The topological polar surface area (TPSA) is 35.5 Å². The van der Waals surface area contributed by atoms with Crippen molar-refractivity contribution in [3.8, 4) is 11.5 Å². The minimum atomic E-state index is -0.359. The molecule has 22 heavy (non-hydrogen) atoms. The fourth-order valence-corrected chi connectivity index (χ4v) is 2.63. The first kappa shape index (κ1) is 14.6. The van der Waals surface area contributed by atoms with Crippen molar-refractivity contribution in [3.05, 3.63) is 58.9 Å². The number of hydrogen-bond acceptors (Lipinski definition) is 3. The van der Waals surface area contributed by atoms with Crippen LogP contribution >= 0.6 is 0 Å². The van der Waals surface area contributed by atoms with Crippen LogP contribution in [0.5, 0.6) is 11.5 Å². The molecule has 0 bridgehead atoms. The Morgan fingerprint density at radius 3 is 2.82 bits per heavy atom. The summed E-state index contributed by atoms with van der Waals surface area (Å²) in [6, 6.07) is 11.0. The Morgan fingerprint density at radius 2 is 2.05 bits per heavy atom. The molecule has 1 heterocycles. The average Bonchev–Trinajstić information content (AvgIpc) is 2.50. The van der Waals surface area contributed by atoms with Gasteiger partial charge in [0, 0.05) is 25.3 Å². The van der Waals surface area contributed by atoms with Gasteiger partial charge >= 0.3 is 5.97 Å². The van der Waals surface area contributed by atoms with Crippen molar-refractivity contribution in [1.29, 1.82) is 0 Å². The van der Waals surface area contributed by atoms with E-state index in [9.17, 15) is 9.18 Å². The fraction of sp³-hybridized carbons (Fsp3) is 0.278. The molecule has 2 aromatic carbocycles. The van der Waals surface area contributed by atoms with Crippen LogP contribution in [-0.2, 0) is 16.0 Å². The Morgan fingerprint density at radius 1 is 1.27 bits per heavy atom. The molecular weight excluding hydrogens is 283 g/mol. The lowest BCUT2D eigenvalue weighted by Gasteiger charge is -2.22. The zero-order valence-electron chi connectivity index (χ0n) is 12.6. The molecule has 114 valence electrons. The van der Waals surface area contributed by atoms with E-state index in [1.807, 2.05) is 37.3 Å². The van der Waals surface area contributed by atoms with E-state index in [0.717, 1.165) is 16.9 Å². The largest absolute Gasteiger partial charge is 0.465 e. The van der Waals surface area contributed by atoms with Crippen molar-refractivity contribution in [3.63, 3.8) is 0 Å². The van der Waals surface area contributed by atoms with Crippen LogP contribution in [0.2, 0.25) is 0 Å². The van der Waals surface area contributed by atoms with Gasteiger partial charge in [0.2, 0.25) is 0 Å². The molecule has 0 saturated heterocycles. The predicted octanol–water partition coefficient (Wildman–Crippen LogP) is 4.19. The molecule has 0 amide bonds. The van der Waals surface area contributed by atoms with Gasteiger partial charge in [-0.3, -0.25) is 4.79 Å². The fourth-order valence-electron chi connectivity index (χ4n) is 2.63. The normalized spacial score (nSPS) is 13.6. The van der Waals surface area contributed by atoms with Gasteiger partial charge in [-0.2, -0.15) is 0 Å². The van der Waals surface area contributed by atoms with Crippen LogP contribution in [0.1, 0.15) is 36.5 Å². The number of ether oxygens (including phenoxy) is 2. The second kappa shape index (κ2) is 5.79. The van der Waals surface area contributed by atoms with Gasteiger partial charge in [0.25, 0.3) is 0 Å². The molecule has 1 aliphatic rings. The zero-order valence-corrected chi connectivity index (χ0v) is 12.6. The molecule has 3 rings (SSSR count). The van der Waals surface area contributed by atoms with Crippen LogP contribution in [0.4, 0.5) is 4.39 Å². The summed E-state index contributed by atoms with van der Waals surface area (Å²) in [5.41, 5.74) is 2.58. The van der Waals surface area contributed by atoms with E-state index < -0.39 is 0 Å². The summed E-state index contributed by atoms with van der Waals surface area (Å²) in [6.45, 7) is 3.36. The lowest BCUT2D eigenvalue weighted by molar-refractivity contribution is -0.141. The first-order valence-electron chi connectivity index (χ1n) is 7.26. The molecule has 1 aliphatic heterocycles. The smallest absolute Gasteiger partial charge is 0.302 e. The van der Waals surface area contributed by atoms with Crippen molar-refractivity contribution < 1.29 is 18.7 Å². The first-order valence-corrected chi connectivity index (χ1v) is 7.26. The summed E-state index contributed by atoms with van der Waals surface area (Å²) >= 11 is 0. The molecule has 1 atom stereocenters. The van der Waals surface area contributed by atoms with E-state index in [0.29, 0.717) is 17.7 Å². The highest BCUT2D eigenvalue weighted by Gasteiger charge is 2.21. The number of esters is 1. The molecular formula is C18H17FO3. The van der Waals surface area contributed by atoms with E-state index in [-0.39, 0.29) is 24.3 Å². The summed E-state index contributed by atoms with van der Waals surface area (Å²) in [5.74, 6) is 0.432. The average molecular weight is 300 g/mol. The molecule has 4 heteroatoms. The number of carbonyl (C=O) groups excluding carboxylic acids is 1. The zero-order chi connectivity index (χ0) is 15.7. The van der Waals surface area contributed by atoms with Gasteiger partial charge in [0.05, 0.1) is 6.61 Å². The molecule has 2 aromatic rings. The van der Waals surface area contributed by atoms with Gasteiger partial charge in [-0.25, -0.2) is 4.39 Å². The predicted molar refractivity (Wildman–Crippen MR) is 80.8 cm³/mol. The van der Waals surface area contributed by atoms with Gasteiger partial charge in [-0.1, -0.05) is 25.1 Å². The Bertz CT molecular complexity index is 724. The monoisotopic (exact) mass is 300 g/mol.